The van der Waals surface area contributed by atoms with Crippen molar-refractivity contribution in [2.24, 2.45) is 0 Å². The van der Waals surface area contributed by atoms with Crippen LogP contribution < -0.4 is 5.32 Å². The summed E-state index contributed by atoms with van der Waals surface area (Å²) in [5.41, 5.74) is 2.64. The first kappa shape index (κ1) is 27.4. The summed E-state index contributed by atoms with van der Waals surface area (Å²) in [5.74, 6) is -1.35. The van der Waals surface area contributed by atoms with E-state index < -0.39 is 18.0 Å². The van der Waals surface area contributed by atoms with E-state index >= 15 is 0 Å². The summed E-state index contributed by atoms with van der Waals surface area (Å²) in [6.45, 7) is 1.60. The number of ether oxygens (including phenoxy) is 2. The molecule has 0 spiro atoms. The molecular formula is C28H31N3O6. The number of carbonyl (C=O) groups excluding carboxylic acids is 3. The van der Waals surface area contributed by atoms with E-state index in [1.165, 1.54) is 7.11 Å². The summed E-state index contributed by atoms with van der Waals surface area (Å²) in [7, 11) is 3.15. The fourth-order valence-electron chi connectivity index (χ4n) is 3.65. The van der Waals surface area contributed by atoms with Gasteiger partial charge in [0.1, 0.15) is 6.61 Å². The van der Waals surface area contributed by atoms with Crippen molar-refractivity contribution in [3.05, 3.63) is 90.0 Å². The van der Waals surface area contributed by atoms with Crippen molar-refractivity contribution >= 4 is 34.4 Å². The molecule has 0 heterocycles. The van der Waals surface area contributed by atoms with Gasteiger partial charge in [-0.3, -0.25) is 15.3 Å². The second-order valence-electron chi connectivity index (χ2n) is 8.45. The van der Waals surface area contributed by atoms with Gasteiger partial charge in [0.25, 0.3) is 5.91 Å². The van der Waals surface area contributed by atoms with E-state index in [1.807, 2.05) is 73.8 Å². The molecule has 37 heavy (non-hydrogen) atoms. The summed E-state index contributed by atoms with van der Waals surface area (Å²) in [4.78, 5) is 37.1. The number of hydroxylamine groups is 2. The van der Waals surface area contributed by atoms with Crippen LogP contribution >= 0.6 is 0 Å². The molecule has 2 N–H and O–H groups in total. The Kier molecular flexibility index (Phi) is 10.2. The topological polar surface area (TPSA) is 108 Å². The zero-order valence-electron chi connectivity index (χ0n) is 20.9. The molecule has 3 aromatic carbocycles. The molecule has 0 aromatic heterocycles. The molecule has 194 valence electrons. The van der Waals surface area contributed by atoms with Crippen molar-refractivity contribution in [1.29, 1.82) is 0 Å². The Morgan fingerprint density at radius 1 is 0.919 bits per heavy atom. The Morgan fingerprint density at radius 2 is 1.62 bits per heavy atom. The number of esters is 1. The Labute approximate surface area is 215 Å². The Hall–Kier alpha value is -4.21. The van der Waals surface area contributed by atoms with Crippen LogP contribution in [0.4, 0.5) is 10.5 Å². The van der Waals surface area contributed by atoms with Crippen LogP contribution in [0.5, 0.6) is 0 Å². The van der Waals surface area contributed by atoms with E-state index in [4.69, 9.17) is 4.74 Å². The minimum absolute atomic E-state index is 0.131. The fourth-order valence-corrected chi connectivity index (χ4v) is 3.65. The normalized spacial score (nSPS) is 11.0. The maximum absolute atomic E-state index is 12.3. The monoisotopic (exact) mass is 505 g/mol. The average Bonchev–Trinajstić information content (AvgIpc) is 2.91. The summed E-state index contributed by atoms with van der Waals surface area (Å²) in [5, 5.41) is 15.1. The molecule has 0 saturated carbocycles. The van der Waals surface area contributed by atoms with E-state index in [0.717, 1.165) is 34.1 Å². The van der Waals surface area contributed by atoms with Crippen molar-refractivity contribution in [1.82, 2.24) is 9.96 Å². The van der Waals surface area contributed by atoms with Gasteiger partial charge in [-0.1, -0.05) is 60.7 Å². The van der Waals surface area contributed by atoms with Gasteiger partial charge in [-0.05, 0) is 42.6 Å². The van der Waals surface area contributed by atoms with Crippen LogP contribution in [0, 0.1) is 0 Å². The third-order valence-corrected chi connectivity index (χ3v) is 5.60. The van der Waals surface area contributed by atoms with E-state index in [-0.39, 0.29) is 13.2 Å². The van der Waals surface area contributed by atoms with Crippen molar-refractivity contribution in [2.45, 2.75) is 19.6 Å². The quantitative estimate of drug-likeness (QED) is 0.173. The lowest BCUT2D eigenvalue weighted by atomic mass is 10.1. The average molecular weight is 506 g/mol. The van der Waals surface area contributed by atoms with Gasteiger partial charge < -0.3 is 14.4 Å². The Bertz CT molecular complexity index is 1240. The third kappa shape index (κ3) is 8.75. The number of fused-ring (bicyclic) bond motifs is 1. The van der Waals surface area contributed by atoms with Crippen LogP contribution in [-0.4, -0.2) is 60.4 Å². The lowest BCUT2D eigenvalue weighted by Gasteiger charge is -2.19. The van der Waals surface area contributed by atoms with Crippen LogP contribution in [0.25, 0.3) is 10.8 Å². The maximum Gasteiger partial charge on any atom is 0.411 e. The van der Waals surface area contributed by atoms with Crippen molar-refractivity contribution in [2.75, 3.05) is 32.6 Å². The number of methoxy groups -OCH3 is 1. The molecule has 3 aromatic rings. The molecule has 0 saturated heterocycles. The molecule has 3 rings (SSSR count). The van der Waals surface area contributed by atoms with Gasteiger partial charge >= 0.3 is 12.1 Å². The van der Waals surface area contributed by atoms with Gasteiger partial charge in [-0.2, -0.15) is 0 Å². The second kappa shape index (κ2) is 13.8. The second-order valence-corrected chi connectivity index (χ2v) is 8.45. The molecule has 0 fully saturated rings. The van der Waals surface area contributed by atoms with Crippen LogP contribution in [0.1, 0.15) is 17.5 Å². The fraction of sp³-hybridized carbons (Fsp3) is 0.250. The van der Waals surface area contributed by atoms with Crippen molar-refractivity contribution in [3.8, 4) is 0 Å². The lowest BCUT2D eigenvalue weighted by Crippen LogP contribution is -2.29. The zero-order valence-corrected chi connectivity index (χ0v) is 20.9. The number of carbonyl (C=O) groups is 3. The molecule has 0 radical (unpaired) electrons. The standard InChI is InChI=1S/C28H31N3O6/c1-30(17-6-18-31(35)26(32)15-16-27(33)36-2)19-21-11-13-22(14-12-21)20-37-28(34)29-25-10-5-8-23-7-3-4-9-24(23)25/h3-5,7-16,35H,6,17-20H2,1-2H3,(H,29,34). The summed E-state index contributed by atoms with van der Waals surface area (Å²) >= 11 is 0. The highest BCUT2D eigenvalue weighted by molar-refractivity contribution is 6.00. The molecule has 0 aliphatic rings. The van der Waals surface area contributed by atoms with E-state index in [2.05, 4.69) is 15.0 Å². The van der Waals surface area contributed by atoms with E-state index in [9.17, 15) is 19.6 Å². The van der Waals surface area contributed by atoms with Crippen LogP contribution in [0.15, 0.2) is 78.9 Å². The van der Waals surface area contributed by atoms with Gasteiger partial charge in [0.05, 0.1) is 12.8 Å². The number of amides is 2. The number of hydrogen-bond donors (Lipinski definition) is 2. The molecule has 0 aliphatic heterocycles. The predicted molar refractivity (Wildman–Crippen MR) is 140 cm³/mol. The molecule has 0 bridgehead atoms. The Balaban J connectivity index is 1.39. The summed E-state index contributed by atoms with van der Waals surface area (Å²) in [6, 6.07) is 21.3. The number of nitrogens with one attached hydrogen (secondary N) is 1. The molecule has 2 amide bonds. The molecule has 9 heteroatoms. The number of rotatable bonds is 11. The first-order valence-electron chi connectivity index (χ1n) is 11.8. The Morgan fingerprint density at radius 3 is 2.38 bits per heavy atom. The van der Waals surface area contributed by atoms with E-state index in [0.29, 0.717) is 30.3 Å². The minimum atomic E-state index is -0.684. The molecule has 0 atom stereocenters. The first-order chi connectivity index (χ1) is 17.9. The van der Waals surface area contributed by atoms with Gasteiger partial charge in [-0.15, -0.1) is 0 Å². The zero-order chi connectivity index (χ0) is 26.6. The largest absolute Gasteiger partial charge is 0.466 e. The summed E-state index contributed by atoms with van der Waals surface area (Å²) < 4.78 is 9.79. The highest BCUT2D eigenvalue weighted by Gasteiger charge is 2.10. The highest BCUT2D eigenvalue weighted by Crippen LogP contribution is 2.23. The molecule has 0 unspecified atom stereocenters. The third-order valence-electron chi connectivity index (χ3n) is 5.60. The number of hydrogen-bond acceptors (Lipinski definition) is 7. The van der Waals surface area contributed by atoms with Crippen LogP contribution in [0.2, 0.25) is 0 Å². The number of nitrogens with zero attached hydrogens (tertiary/aromatic N) is 2. The predicted octanol–water partition coefficient (Wildman–Crippen LogP) is 4.36. The number of benzene rings is 3. The minimum Gasteiger partial charge on any atom is -0.466 e. The smallest absolute Gasteiger partial charge is 0.411 e. The lowest BCUT2D eigenvalue weighted by molar-refractivity contribution is -0.159. The maximum atomic E-state index is 12.3. The molecule has 9 nitrogen and oxygen atoms in total. The van der Waals surface area contributed by atoms with Crippen LogP contribution in [-0.2, 0) is 32.2 Å². The van der Waals surface area contributed by atoms with Gasteiger partial charge in [0.15, 0.2) is 0 Å². The molecular weight excluding hydrogens is 474 g/mol. The van der Waals surface area contributed by atoms with Crippen molar-refractivity contribution < 1.29 is 29.1 Å². The van der Waals surface area contributed by atoms with Crippen LogP contribution in [0.3, 0.4) is 0 Å². The number of anilines is 1. The van der Waals surface area contributed by atoms with Gasteiger partial charge in [0.2, 0.25) is 0 Å². The summed E-state index contributed by atoms with van der Waals surface area (Å²) in [6.07, 6.45) is 1.96. The van der Waals surface area contributed by atoms with Crippen molar-refractivity contribution in [3.63, 3.8) is 0 Å². The van der Waals surface area contributed by atoms with Gasteiger partial charge in [0, 0.05) is 30.6 Å². The van der Waals surface area contributed by atoms with Gasteiger partial charge in [-0.25, -0.2) is 14.7 Å². The first-order valence-corrected chi connectivity index (χ1v) is 11.8. The SMILES string of the molecule is COC(=O)C=CC(=O)N(O)CCCN(C)Cc1ccc(COC(=O)Nc2cccc3ccccc23)cc1. The molecule has 0 aliphatic carbocycles. The van der Waals surface area contributed by atoms with E-state index in [1.54, 1.807) is 0 Å². The highest BCUT2D eigenvalue weighted by atomic mass is 16.5.